The number of nitrogens with zero attached hydrogens (tertiary/aromatic N) is 1. The van der Waals surface area contributed by atoms with E-state index in [2.05, 4.69) is 10.2 Å². The quantitative estimate of drug-likeness (QED) is 0.594. The summed E-state index contributed by atoms with van der Waals surface area (Å²) in [5.41, 5.74) is 7.62. The van der Waals surface area contributed by atoms with Crippen molar-refractivity contribution in [2.45, 2.75) is 13.3 Å². The minimum absolute atomic E-state index is 0.695. The number of H-pyrrole nitrogens is 1. The molecule has 0 bridgehead atoms. The molecular formula is C6H11N3. The van der Waals surface area contributed by atoms with Gasteiger partial charge in [0.05, 0.1) is 5.69 Å². The second-order valence-electron chi connectivity index (χ2n) is 2.03. The van der Waals surface area contributed by atoms with Gasteiger partial charge < -0.3 is 5.73 Å². The molecule has 0 aromatic carbocycles. The molecule has 50 valence electrons. The molecule has 0 radical (unpaired) electrons. The van der Waals surface area contributed by atoms with E-state index in [0.29, 0.717) is 6.54 Å². The minimum Gasteiger partial charge on any atom is -0.330 e. The fourth-order valence-corrected chi connectivity index (χ4v) is 0.792. The molecule has 1 rings (SSSR count). The highest BCUT2D eigenvalue weighted by Crippen LogP contribution is 2.00. The highest BCUT2D eigenvalue weighted by atomic mass is 15.1. The maximum absolute atomic E-state index is 5.35. The van der Waals surface area contributed by atoms with Gasteiger partial charge in [0.2, 0.25) is 0 Å². The molecule has 1 aromatic heterocycles. The van der Waals surface area contributed by atoms with Crippen LogP contribution >= 0.6 is 0 Å². The van der Waals surface area contributed by atoms with Crippen LogP contribution in [-0.4, -0.2) is 16.7 Å². The summed E-state index contributed by atoms with van der Waals surface area (Å²) in [7, 11) is 0. The number of aryl methyl sites for hydroxylation is 1. The highest BCUT2D eigenvalue weighted by Gasteiger charge is 1.96. The lowest BCUT2D eigenvalue weighted by Gasteiger charge is -1.90. The molecule has 0 saturated carbocycles. The van der Waals surface area contributed by atoms with Gasteiger partial charge in [0.1, 0.15) is 0 Å². The fraction of sp³-hybridized carbons (Fsp3) is 0.500. The maximum atomic E-state index is 5.35. The lowest BCUT2D eigenvalue weighted by Crippen LogP contribution is -2.02. The normalized spacial score (nSPS) is 10.0. The van der Waals surface area contributed by atoms with Crippen molar-refractivity contribution in [3.63, 3.8) is 0 Å². The molecule has 0 amide bonds. The Hall–Kier alpha value is -0.830. The van der Waals surface area contributed by atoms with Crippen LogP contribution < -0.4 is 5.73 Å². The second-order valence-corrected chi connectivity index (χ2v) is 2.03. The van der Waals surface area contributed by atoms with Crippen molar-refractivity contribution in [1.82, 2.24) is 10.2 Å². The van der Waals surface area contributed by atoms with Gasteiger partial charge in [-0.15, -0.1) is 0 Å². The van der Waals surface area contributed by atoms with Gasteiger partial charge in [0.25, 0.3) is 0 Å². The first-order valence-corrected chi connectivity index (χ1v) is 3.04. The van der Waals surface area contributed by atoms with Gasteiger partial charge in [-0.2, -0.15) is 5.10 Å². The topological polar surface area (TPSA) is 54.7 Å². The molecule has 1 aromatic rings. The Morgan fingerprint density at radius 3 is 3.00 bits per heavy atom. The molecule has 0 aliphatic carbocycles. The summed E-state index contributed by atoms with van der Waals surface area (Å²) in [5, 5.41) is 6.73. The third-order valence-electron chi connectivity index (χ3n) is 1.35. The van der Waals surface area contributed by atoms with E-state index >= 15 is 0 Å². The predicted molar refractivity (Wildman–Crippen MR) is 36.1 cm³/mol. The van der Waals surface area contributed by atoms with E-state index in [4.69, 9.17) is 5.73 Å². The first kappa shape index (κ1) is 6.29. The Labute approximate surface area is 54.3 Å². The van der Waals surface area contributed by atoms with E-state index < -0.39 is 0 Å². The molecule has 3 nitrogen and oxygen atoms in total. The summed E-state index contributed by atoms with van der Waals surface area (Å²) in [6.45, 7) is 2.67. The zero-order chi connectivity index (χ0) is 6.69. The van der Waals surface area contributed by atoms with Crippen LogP contribution in [0.2, 0.25) is 0 Å². The van der Waals surface area contributed by atoms with Gasteiger partial charge in [-0.25, -0.2) is 0 Å². The number of nitrogens with one attached hydrogen (secondary N) is 1. The van der Waals surface area contributed by atoms with Crippen molar-refractivity contribution >= 4 is 0 Å². The van der Waals surface area contributed by atoms with Crippen LogP contribution in [-0.2, 0) is 6.42 Å². The molecule has 0 aliphatic heterocycles. The Balaban J connectivity index is 2.69. The SMILES string of the molecule is Cc1n[nH]cc1CCN. The summed E-state index contributed by atoms with van der Waals surface area (Å²) in [5.74, 6) is 0. The van der Waals surface area contributed by atoms with E-state index in [-0.39, 0.29) is 0 Å². The van der Waals surface area contributed by atoms with Crippen LogP contribution in [0.4, 0.5) is 0 Å². The summed E-state index contributed by atoms with van der Waals surface area (Å²) < 4.78 is 0. The van der Waals surface area contributed by atoms with Crippen LogP contribution in [0.25, 0.3) is 0 Å². The molecule has 0 fully saturated rings. The minimum atomic E-state index is 0.695. The van der Waals surface area contributed by atoms with Crippen molar-refractivity contribution in [1.29, 1.82) is 0 Å². The Morgan fingerprint density at radius 2 is 2.56 bits per heavy atom. The molecule has 9 heavy (non-hydrogen) atoms. The van der Waals surface area contributed by atoms with Crippen LogP contribution in [0.1, 0.15) is 11.3 Å². The van der Waals surface area contributed by atoms with Gasteiger partial charge in [-0.05, 0) is 25.5 Å². The van der Waals surface area contributed by atoms with Crippen LogP contribution in [0, 0.1) is 6.92 Å². The highest BCUT2D eigenvalue weighted by molar-refractivity contribution is 5.14. The Bertz CT molecular complexity index is 180. The van der Waals surface area contributed by atoms with Crippen molar-refractivity contribution in [3.05, 3.63) is 17.5 Å². The van der Waals surface area contributed by atoms with Crippen molar-refractivity contribution in [2.75, 3.05) is 6.54 Å². The number of aromatic nitrogens is 2. The van der Waals surface area contributed by atoms with E-state index in [9.17, 15) is 0 Å². The number of aromatic amines is 1. The summed E-state index contributed by atoms with van der Waals surface area (Å²) in [6, 6.07) is 0. The summed E-state index contributed by atoms with van der Waals surface area (Å²) >= 11 is 0. The molecular weight excluding hydrogens is 114 g/mol. The first-order valence-electron chi connectivity index (χ1n) is 3.04. The van der Waals surface area contributed by atoms with Gasteiger partial charge in [0.15, 0.2) is 0 Å². The average molecular weight is 125 g/mol. The molecule has 0 aliphatic rings. The Kier molecular flexibility index (Phi) is 1.85. The number of nitrogens with two attached hydrogens (primary N) is 1. The van der Waals surface area contributed by atoms with Crippen LogP contribution in [0.5, 0.6) is 0 Å². The van der Waals surface area contributed by atoms with Crippen molar-refractivity contribution in [3.8, 4) is 0 Å². The largest absolute Gasteiger partial charge is 0.330 e. The maximum Gasteiger partial charge on any atom is 0.0623 e. The molecule has 3 heteroatoms. The summed E-state index contributed by atoms with van der Waals surface area (Å²) in [4.78, 5) is 0. The van der Waals surface area contributed by atoms with Gasteiger partial charge in [-0.3, -0.25) is 5.10 Å². The summed E-state index contributed by atoms with van der Waals surface area (Å²) in [6.07, 6.45) is 2.81. The predicted octanol–water partition coefficient (Wildman–Crippen LogP) is 0.219. The molecule has 0 atom stereocenters. The second kappa shape index (κ2) is 2.64. The number of rotatable bonds is 2. The third kappa shape index (κ3) is 1.29. The lowest BCUT2D eigenvalue weighted by molar-refractivity contribution is 0.956. The Morgan fingerprint density at radius 1 is 1.78 bits per heavy atom. The standard InChI is InChI=1S/C6H11N3/c1-5-6(2-3-7)4-8-9-5/h4H,2-3,7H2,1H3,(H,8,9). The third-order valence-corrected chi connectivity index (χ3v) is 1.35. The van der Waals surface area contributed by atoms with E-state index in [1.807, 2.05) is 13.1 Å². The lowest BCUT2D eigenvalue weighted by atomic mass is 10.2. The number of hydrogen-bond acceptors (Lipinski definition) is 2. The molecule has 1 heterocycles. The zero-order valence-electron chi connectivity index (χ0n) is 5.52. The van der Waals surface area contributed by atoms with Gasteiger partial charge in [-0.1, -0.05) is 0 Å². The molecule has 0 spiro atoms. The van der Waals surface area contributed by atoms with E-state index in [0.717, 1.165) is 12.1 Å². The van der Waals surface area contributed by atoms with Gasteiger partial charge in [0, 0.05) is 6.20 Å². The average Bonchev–Trinajstić information content (AvgIpc) is 2.18. The smallest absolute Gasteiger partial charge is 0.0623 e. The van der Waals surface area contributed by atoms with Crippen LogP contribution in [0.15, 0.2) is 6.20 Å². The van der Waals surface area contributed by atoms with E-state index in [1.54, 1.807) is 0 Å². The van der Waals surface area contributed by atoms with Gasteiger partial charge >= 0.3 is 0 Å². The van der Waals surface area contributed by atoms with Crippen molar-refractivity contribution < 1.29 is 0 Å². The monoisotopic (exact) mass is 125 g/mol. The first-order chi connectivity index (χ1) is 4.34. The van der Waals surface area contributed by atoms with E-state index in [1.165, 1.54) is 5.56 Å². The number of hydrogen-bond donors (Lipinski definition) is 2. The molecule has 0 unspecified atom stereocenters. The fourth-order valence-electron chi connectivity index (χ4n) is 0.792. The molecule has 3 N–H and O–H groups in total. The zero-order valence-corrected chi connectivity index (χ0v) is 5.52. The molecule has 0 saturated heterocycles. The van der Waals surface area contributed by atoms with Crippen LogP contribution in [0.3, 0.4) is 0 Å². The van der Waals surface area contributed by atoms with Crippen molar-refractivity contribution in [2.24, 2.45) is 5.73 Å².